The van der Waals surface area contributed by atoms with Gasteiger partial charge in [0.25, 0.3) is 0 Å². The molecule has 0 bridgehead atoms. The van der Waals surface area contributed by atoms with Crippen molar-refractivity contribution >= 4 is 21.7 Å². The molecule has 0 saturated carbocycles. The van der Waals surface area contributed by atoms with E-state index in [0.29, 0.717) is 6.92 Å². The number of hydrogen-bond donors (Lipinski definition) is 0. The second kappa shape index (κ2) is 3.69. The van der Waals surface area contributed by atoms with Gasteiger partial charge in [0.2, 0.25) is 5.91 Å². The van der Waals surface area contributed by atoms with E-state index in [-0.39, 0.29) is 34.5 Å². The van der Waals surface area contributed by atoms with Crippen LogP contribution in [-0.2, 0) is 19.4 Å². The number of nitrogens with zero attached hydrogens (tertiary/aromatic N) is 1. The van der Waals surface area contributed by atoms with Crippen molar-refractivity contribution in [2.45, 2.75) is 36.3 Å². The van der Waals surface area contributed by atoms with E-state index >= 15 is 0 Å². The molecule has 1 amide bonds. The van der Waals surface area contributed by atoms with Gasteiger partial charge < -0.3 is 14.8 Å². The van der Waals surface area contributed by atoms with Crippen molar-refractivity contribution in [3.05, 3.63) is 0 Å². The van der Waals surface area contributed by atoms with Crippen molar-refractivity contribution < 1.29 is 59.5 Å². The normalized spacial score (nSPS) is 48.2. The summed E-state index contributed by atoms with van der Waals surface area (Å²) < 4.78 is 58.5. The Balaban J connectivity index is 0.00000220. The molecule has 2 aliphatic rings. The molecular weight excluding hydrogens is 245 g/mol. The maximum absolute atomic E-state index is 12.3. The first-order valence-corrected chi connectivity index (χ1v) is 5.54. The van der Waals surface area contributed by atoms with Crippen LogP contribution >= 0.6 is 0 Å². The molecule has 6 nitrogen and oxygen atoms in total. The van der Waals surface area contributed by atoms with Crippen LogP contribution in [0, 0.1) is 0 Å². The van der Waals surface area contributed by atoms with Crippen LogP contribution in [0.4, 0.5) is 0 Å². The maximum atomic E-state index is 12.3. The van der Waals surface area contributed by atoms with Gasteiger partial charge in [0.15, 0.2) is 9.84 Å². The second-order valence-electron chi connectivity index (χ2n) is 3.58. The van der Waals surface area contributed by atoms with Gasteiger partial charge in [0.05, 0.1) is 23.1 Å². The summed E-state index contributed by atoms with van der Waals surface area (Å²) in [7, 11) is -4.77. The first-order chi connectivity index (χ1) is 8.72. The number of hydrogen-bond acceptors (Lipinski definition) is 5. The Bertz CT molecular complexity index is 619. The molecule has 1 unspecified atom stereocenters. The summed E-state index contributed by atoms with van der Waals surface area (Å²) in [5, 5.41) is 9.04. The number of carboxylic acid groups (broad SMARTS) is 1. The zero-order valence-electron chi connectivity index (χ0n) is 13.6. The molecule has 0 aromatic heterocycles. The molecule has 0 spiro atoms. The largest absolute Gasteiger partial charge is 1.00 e. The molecule has 2 rings (SSSR count). The van der Waals surface area contributed by atoms with Gasteiger partial charge in [-0.15, -0.1) is 0 Å². The minimum atomic E-state index is -4.77. The van der Waals surface area contributed by atoms with Crippen molar-refractivity contribution in [2.75, 3.05) is 0 Å². The fourth-order valence-corrected chi connectivity index (χ4v) is 3.52. The third kappa shape index (κ3) is 1.38. The van der Waals surface area contributed by atoms with Gasteiger partial charge in [0, 0.05) is 6.85 Å². The zero-order valence-corrected chi connectivity index (χ0v) is 11.4. The third-order valence-corrected chi connectivity index (χ3v) is 4.98. The Labute approximate surface area is 122 Å². The van der Waals surface area contributed by atoms with E-state index in [9.17, 15) is 23.1 Å². The average Bonchev–Trinajstić information content (AvgIpc) is 2.42. The van der Waals surface area contributed by atoms with Crippen molar-refractivity contribution in [2.24, 2.45) is 0 Å². The van der Waals surface area contributed by atoms with Crippen LogP contribution in [0.25, 0.3) is 0 Å². The van der Waals surface area contributed by atoms with Gasteiger partial charge >= 0.3 is 29.6 Å². The Hall–Kier alpha value is -0.110. The number of carbonyl (C=O) groups is 2. The average molecular weight is 260 g/mol. The summed E-state index contributed by atoms with van der Waals surface area (Å²) in [4.78, 5) is 23.0. The van der Waals surface area contributed by atoms with E-state index in [1.165, 1.54) is 0 Å². The quantitative estimate of drug-likeness (QED) is 0.347. The van der Waals surface area contributed by atoms with Crippen molar-refractivity contribution in [3.8, 4) is 0 Å². The number of carbonyl (C=O) groups excluding carboxylic acids is 2. The third-order valence-electron chi connectivity index (χ3n) is 2.64. The number of aliphatic carboxylic acids is 1. The molecule has 16 heavy (non-hydrogen) atoms. The van der Waals surface area contributed by atoms with E-state index in [0.717, 1.165) is 0 Å². The monoisotopic (exact) mass is 260 g/mol. The van der Waals surface area contributed by atoms with Gasteiger partial charge in [-0.2, -0.15) is 0 Å². The zero-order chi connectivity index (χ0) is 15.9. The fourth-order valence-electron chi connectivity index (χ4n) is 1.76. The molecule has 0 aliphatic carbocycles. The molecule has 0 radical (unpaired) electrons. The molecular formula is C8H10NNaO5S. The summed E-state index contributed by atoms with van der Waals surface area (Å²) in [5.74, 6) is -3.41. The predicted octanol–water partition coefficient (Wildman–Crippen LogP) is -5.13. The van der Waals surface area contributed by atoms with Gasteiger partial charge in [-0.1, -0.05) is 0 Å². The van der Waals surface area contributed by atoms with Gasteiger partial charge in [-0.05, 0) is 13.8 Å². The molecule has 0 aromatic rings. The fraction of sp³-hybridized carbons (Fsp3) is 0.750. The van der Waals surface area contributed by atoms with E-state index in [2.05, 4.69) is 0 Å². The van der Waals surface area contributed by atoms with E-state index in [1.807, 2.05) is 0 Å². The Morgan fingerprint density at radius 3 is 2.75 bits per heavy atom. The number of amides is 1. The number of β-lactam (4-membered cyclic amide) rings is 1. The number of rotatable bonds is 1. The van der Waals surface area contributed by atoms with Crippen molar-refractivity contribution in [1.82, 2.24) is 4.90 Å². The molecule has 0 N–H and O–H groups in total. The van der Waals surface area contributed by atoms with Crippen LogP contribution in [0.5, 0.6) is 0 Å². The molecule has 2 aliphatic heterocycles. The summed E-state index contributed by atoms with van der Waals surface area (Å²) in [6.45, 7) is -2.58. The molecule has 2 heterocycles. The van der Waals surface area contributed by atoms with Crippen molar-refractivity contribution in [1.29, 1.82) is 0 Å². The molecule has 8 heteroatoms. The van der Waals surface area contributed by atoms with Crippen LogP contribution in [0.15, 0.2) is 0 Å². The van der Waals surface area contributed by atoms with Crippen LogP contribution < -0.4 is 34.7 Å². The summed E-state index contributed by atoms with van der Waals surface area (Å²) in [6.07, 6.45) is -2.84. The van der Waals surface area contributed by atoms with E-state index in [1.54, 1.807) is 0 Å². The SMILES string of the molecule is [2H]C1([2H])C(=O)N2[C@H]1S(=O)(=O)C(C)(C([2H])([2H])[2H])[C@H]2C(=O)[O-].[Na+]. The number of carboxylic acids is 1. The molecule has 84 valence electrons. The molecule has 2 saturated heterocycles. The minimum Gasteiger partial charge on any atom is -0.548 e. The predicted molar refractivity (Wildman–Crippen MR) is 47.0 cm³/mol. The summed E-state index contributed by atoms with van der Waals surface area (Å²) in [5.41, 5.74) is 0. The van der Waals surface area contributed by atoms with Gasteiger partial charge in [-0.3, -0.25) is 4.79 Å². The minimum absolute atomic E-state index is 0. The van der Waals surface area contributed by atoms with Crippen LogP contribution in [0.2, 0.25) is 0 Å². The van der Waals surface area contributed by atoms with E-state index < -0.39 is 51.1 Å². The van der Waals surface area contributed by atoms with E-state index in [4.69, 9.17) is 6.85 Å². The Kier molecular flexibility index (Phi) is 1.86. The van der Waals surface area contributed by atoms with Gasteiger partial charge in [-0.25, -0.2) is 8.42 Å². The molecule has 0 aromatic carbocycles. The number of fused-ring (bicyclic) bond motifs is 1. The first-order valence-electron chi connectivity index (χ1n) is 6.49. The standard InChI is InChI=1S/C8H11NO5S.Na/c1-8(2)6(7(11)12)9-4(10)3-5(9)15(8,13)14;/h5-6H,3H2,1-2H3,(H,11,12);/q;+1/p-1/t5-,6+;/m0./s1/i1D3,3D2;/t5-,6+,8?;. The van der Waals surface area contributed by atoms with Crippen molar-refractivity contribution in [3.63, 3.8) is 0 Å². The summed E-state index contributed by atoms with van der Waals surface area (Å²) >= 11 is 0. The van der Waals surface area contributed by atoms with Crippen LogP contribution in [0.1, 0.15) is 27.0 Å². The second-order valence-corrected chi connectivity index (χ2v) is 5.97. The Morgan fingerprint density at radius 1 is 1.75 bits per heavy atom. The molecule has 2 fully saturated rings. The topological polar surface area (TPSA) is 94.6 Å². The van der Waals surface area contributed by atoms with Gasteiger partial charge in [0.1, 0.15) is 5.37 Å². The maximum Gasteiger partial charge on any atom is 1.00 e. The van der Waals surface area contributed by atoms with Crippen LogP contribution in [0.3, 0.4) is 0 Å². The molecule has 3 atom stereocenters. The summed E-state index contributed by atoms with van der Waals surface area (Å²) in [6, 6.07) is -2.25. The Morgan fingerprint density at radius 2 is 2.31 bits per heavy atom. The number of sulfone groups is 1. The smallest absolute Gasteiger partial charge is 0.548 e. The van der Waals surface area contributed by atoms with Crippen LogP contribution in [-0.4, -0.2) is 41.4 Å². The first kappa shape index (κ1) is 8.07.